The normalized spacial score (nSPS) is 19.5. The van der Waals surface area contributed by atoms with Gasteiger partial charge in [0.2, 0.25) is 0 Å². The molecule has 1 aliphatic heterocycles. The molecule has 134 valence electrons. The second-order valence-corrected chi connectivity index (χ2v) is 7.08. The van der Waals surface area contributed by atoms with Crippen LogP contribution < -0.4 is 11.1 Å². The fourth-order valence-electron chi connectivity index (χ4n) is 3.79. The number of hydrogen-bond donors (Lipinski definition) is 2. The number of hydrogen-bond acceptors (Lipinski definition) is 2. The van der Waals surface area contributed by atoms with Gasteiger partial charge in [0.05, 0.1) is 0 Å². The van der Waals surface area contributed by atoms with E-state index < -0.39 is 0 Å². The van der Waals surface area contributed by atoms with Crippen LogP contribution in [0, 0.1) is 5.92 Å². The topological polar surface area (TPSA) is 53.6 Å². The van der Waals surface area contributed by atoms with E-state index in [1.807, 2.05) is 0 Å². The Morgan fingerprint density at radius 1 is 1.25 bits per heavy atom. The highest BCUT2D eigenvalue weighted by Gasteiger charge is 2.16. The molecule has 0 amide bonds. The zero-order valence-electron chi connectivity index (χ0n) is 14.8. The Bertz CT molecular complexity index is 550. The van der Waals surface area contributed by atoms with Crippen molar-refractivity contribution in [3.05, 3.63) is 29.3 Å². The first-order valence-corrected chi connectivity index (χ1v) is 9.08. The lowest BCUT2D eigenvalue weighted by Gasteiger charge is -2.28. The summed E-state index contributed by atoms with van der Waals surface area (Å²) in [5.41, 5.74) is 10.2. The first-order chi connectivity index (χ1) is 11.2. The van der Waals surface area contributed by atoms with Crippen molar-refractivity contribution in [3.63, 3.8) is 0 Å². The van der Waals surface area contributed by atoms with E-state index in [2.05, 4.69) is 40.5 Å². The standard InChI is InChI=1S/C19H30N4.HI/c1-23-13-10-15(11-14-23)9-12-21-19(20)22-18-8-4-6-16-5-2-3-7-17(16)18;/h4,6,8,15H,2-3,5,7,9-14H2,1H3,(H3,20,21,22);1H. The minimum absolute atomic E-state index is 0. The molecule has 0 radical (unpaired) electrons. The average molecular weight is 442 g/mol. The summed E-state index contributed by atoms with van der Waals surface area (Å²) in [4.78, 5) is 6.96. The van der Waals surface area contributed by atoms with Crippen molar-refractivity contribution in [2.75, 3.05) is 32.0 Å². The van der Waals surface area contributed by atoms with Crippen LogP contribution in [0.25, 0.3) is 0 Å². The number of likely N-dealkylation sites (tertiary alicyclic amines) is 1. The smallest absolute Gasteiger partial charge is 0.193 e. The molecule has 0 bridgehead atoms. The Kier molecular flexibility index (Phi) is 7.81. The maximum absolute atomic E-state index is 6.11. The van der Waals surface area contributed by atoms with Gasteiger partial charge in [0.15, 0.2) is 5.96 Å². The zero-order valence-corrected chi connectivity index (χ0v) is 17.1. The number of guanidine groups is 1. The number of nitrogens with zero attached hydrogens (tertiary/aromatic N) is 2. The third-order valence-corrected chi connectivity index (χ3v) is 5.32. The summed E-state index contributed by atoms with van der Waals surface area (Å²) in [6, 6.07) is 6.49. The number of nitrogens with one attached hydrogen (secondary N) is 1. The quantitative estimate of drug-likeness (QED) is 0.425. The van der Waals surface area contributed by atoms with E-state index in [0.29, 0.717) is 5.96 Å². The highest BCUT2D eigenvalue weighted by molar-refractivity contribution is 14.0. The predicted molar refractivity (Wildman–Crippen MR) is 113 cm³/mol. The molecule has 2 aliphatic rings. The fourth-order valence-corrected chi connectivity index (χ4v) is 3.79. The Hall–Kier alpha value is -0.820. The van der Waals surface area contributed by atoms with Gasteiger partial charge in [-0.1, -0.05) is 12.1 Å². The molecule has 1 aliphatic carbocycles. The molecule has 3 N–H and O–H groups in total. The molecule has 1 aromatic carbocycles. The molecule has 0 atom stereocenters. The van der Waals surface area contributed by atoms with Crippen LogP contribution >= 0.6 is 24.0 Å². The first-order valence-electron chi connectivity index (χ1n) is 9.08. The molecular formula is C19H31IN4. The van der Waals surface area contributed by atoms with Gasteiger partial charge in [-0.2, -0.15) is 0 Å². The maximum Gasteiger partial charge on any atom is 0.193 e. The van der Waals surface area contributed by atoms with Gasteiger partial charge >= 0.3 is 0 Å². The average Bonchev–Trinajstić information content (AvgIpc) is 2.57. The number of anilines is 1. The van der Waals surface area contributed by atoms with Gasteiger partial charge in [-0.25, -0.2) is 0 Å². The molecule has 0 saturated carbocycles. The van der Waals surface area contributed by atoms with Crippen LogP contribution in [0.5, 0.6) is 0 Å². The van der Waals surface area contributed by atoms with Crippen molar-refractivity contribution < 1.29 is 0 Å². The van der Waals surface area contributed by atoms with Crippen LogP contribution in [0.1, 0.15) is 43.2 Å². The van der Waals surface area contributed by atoms with E-state index in [1.54, 1.807) is 0 Å². The van der Waals surface area contributed by atoms with Crippen molar-refractivity contribution >= 4 is 35.6 Å². The number of halogens is 1. The maximum atomic E-state index is 6.11. The number of aryl methyl sites for hydroxylation is 1. The van der Waals surface area contributed by atoms with Crippen LogP contribution in [-0.2, 0) is 12.8 Å². The summed E-state index contributed by atoms with van der Waals surface area (Å²) in [6.45, 7) is 3.28. The van der Waals surface area contributed by atoms with Crippen molar-refractivity contribution in [2.45, 2.75) is 44.9 Å². The van der Waals surface area contributed by atoms with Gasteiger partial charge in [0, 0.05) is 12.2 Å². The lowest BCUT2D eigenvalue weighted by Crippen LogP contribution is -2.30. The lowest BCUT2D eigenvalue weighted by molar-refractivity contribution is 0.214. The summed E-state index contributed by atoms with van der Waals surface area (Å²) in [5.74, 6) is 1.38. The molecule has 5 heteroatoms. The molecule has 0 aromatic heterocycles. The molecule has 1 aromatic rings. The van der Waals surface area contributed by atoms with Crippen LogP contribution in [0.2, 0.25) is 0 Å². The third kappa shape index (κ3) is 5.34. The molecular weight excluding hydrogens is 411 g/mol. The van der Waals surface area contributed by atoms with Gasteiger partial charge in [0.1, 0.15) is 0 Å². The van der Waals surface area contributed by atoms with Gasteiger partial charge < -0.3 is 16.0 Å². The number of fused-ring (bicyclic) bond motifs is 1. The Labute approximate surface area is 163 Å². The highest BCUT2D eigenvalue weighted by atomic mass is 127. The van der Waals surface area contributed by atoms with Crippen LogP contribution in [-0.4, -0.2) is 37.5 Å². The van der Waals surface area contributed by atoms with Crippen LogP contribution in [0.3, 0.4) is 0 Å². The summed E-state index contributed by atoms with van der Waals surface area (Å²) in [6.07, 6.45) is 8.68. The van der Waals surface area contributed by atoms with E-state index in [9.17, 15) is 0 Å². The largest absolute Gasteiger partial charge is 0.370 e. The van der Waals surface area contributed by atoms with Gasteiger partial charge in [-0.15, -0.1) is 24.0 Å². The predicted octanol–water partition coefficient (Wildman–Crippen LogP) is 3.64. The van der Waals surface area contributed by atoms with Crippen molar-refractivity contribution in [2.24, 2.45) is 16.6 Å². The molecule has 3 rings (SSSR count). The summed E-state index contributed by atoms with van der Waals surface area (Å²) < 4.78 is 0. The van der Waals surface area contributed by atoms with Crippen LogP contribution in [0.15, 0.2) is 23.2 Å². The second-order valence-electron chi connectivity index (χ2n) is 7.08. The molecule has 4 nitrogen and oxygen atoms in total. The number of piperidine rings is 1. The third-order valence-electron chi connectivity index (χ3n) is 5.32. The van der Waals surface area contributed by atoms with E-state index in [1.165, 1.54) is 56.3 Å². The number of rotatable bonds is 4. The molecule has 24 heavy (non-hydrogen) atoms. The second kappa shape index (κ2) is 9.61. The first kappa shape index (κ1) is 19.5. The van der Waals surface area contributed by atoms with E-state index in [-0.39, 0.29) is 24.0 Å². The minimum atomic E-state index is 0. The van der Waals surface area contributed by atoms with Gasteiger partial charge in [0.25, 0.3) is 0 Å². The van der Waals surface area contributed by atoms with Crippen molar-refractivity contribution in [3.8, 4) is 0 Å². The molecule has 0 spiro atoms. The molecule has 1 fully saturated rings. The monoisotopic (exact) mass is 442 g/mol. The Morgan fingerprint density at radius 2 is 2.00 bits per heavy atom. The Balaban J connectivity index is 0.00000208. The Morgan fingerprint density at radius 3 is 2.79 bits per heavy atom. The SMILES string of the molecule is CN1CCC(CCN=C(N)Nc2cccc3c2CCCC3)CC1.I. The lowest BCUT2D eigenvalue weighted by atomic mass is 9.90. The van der Waals surface area contributed by atoms with Gasteiger partial charge in [-0.05, 0) is 88.2 Å². The summed E-state index contributed by atoms with van der Waals surface area (Å²) in [7, 11) is 2.21. The number of aliphatic imine (C=N–C) groups is 1. The molecule has 1 saturated heterocycles. The minimum Gasteiger partial charge on any atom is -0.370 e. The highest BCUT2D eigenvalue weighted by Crippen LogP contribution is 2.27. The van der Waals surface area contributed by atoms with E-state index in [0.717, 1.165) is 31.0 Å². The van der Waals surface area contributed by atoms with Gasteiger partial charge in [-0.3, -0.25) is 4.99 Å². The summed E-state index contributed by atoms with van der Waals surface area (Å²) in [5, 5.41) is 3.33. The van der Waals surface area contributed by atoms with Crippen LogP contribution in [0.4, 0.5) is 5.69 Å². The fraction of sp³-hybridized carbons (Fsp3) is 0.632. The summed E-state index contributed by atoms with van der Waals surface area (Å²) >= 11 is 0. The van der Waals surface area contributed by atoms with Crippen molar-refractivity contribution in [1.82, 2.24) is 4.90 Å². The van der Waals surface area contributed by atoms with E-state index >= 15 is 0 Å². The molecule has 1 heterocycles. The van der Waals surface area contributed by atoms with E-state index in [4.69, 9.17) is 5.73 Å². The zero-order chi connectivity index (χ0) is 16.1. The van der Waals surface area contributed by atoms with Crippen molar-refractivity contribution in [1.29, 1.82) is 0 Å². The molecule has 0 unspecified atom stereocenters. The number of benzene rings is 1. The number of nitrogens with two attached hydrogens (primary N) is 1.